The number of benzene rings is 2. The lowest BCUT2D eigenvalue weighted by atomic mass is 10.0. The van der Waals surface area contributed by atoms with Gasteiger partial charge in [0.2, 0.25) is 0 Å². The van der Waals surface area contributed by atoms with E-state index in [-0.39, 0.29) is 11.9 Å². The molecular weight excluding hydrogens is 286 g/mol. The van der Waals surface area contributed by atoms with Crippen LogP contribution in [-0.2, 0) is 4.79 Å². The molecule has 0 fully saturated rings. The van der Waals surface area contributed by atoms with Gasteiger partial charge in [0.1, 0.15) is 5.75 Å². The molecule has 0 saturated heterocycles. The van der Waals surface area contributed by atoms with E-state index in [0.29, 0.717) is 5.75 Å². The molecular formula is C20H25NO2. The molecule has 0 unspecified atom stereocenters. The number of ether oxygens (including phenoxy) is 1. The molecule has 0 aliphatic carbocycles. The molecule has 0 saturated carbocycles. The maximum absolute atomic E-state index is 12.3. The van der Waals surface area contributed by atoms with Crippen molar-refractivity contribution in [3.63, 3.8) is 0 Å². The lowest BCUT2D eigenvalue weighted by Gasteiger charge is -2.20. The average Bonchev–Trinajstić information content (AvgIpc) is 2.49. The zero-order valence-electron chi connectivity index (χ0n) is 14.5. The van der Waals surface area contributed by atoms with Crippen LogP contribution in [0.5, 0.6) is 5.75 Å². The minimum Gasteiger partial charge on any atom is -0.481 e. The van der Waals surface area contributed by atoms with Crippen molar-refractivity contribution in [3.8, 4) is 5.75 Å². The normalized spacial score (nSPS) is 13.3. The van der Waals surface area contributed by atoms with E-state index < -0.39 is 6.10 Å². The van der Waals surface area contributed by atoms with E-state index in [4.69, 9.17) is 4.74 Å². The molecule has 122 valence electrons. The minimum absolute atomic E-state index is 0.0489. The Morgan fingerprint density at radius 2 is 1.57 bits per heavy atom. The molecule has 0 spiro atoms. The van der Waals surface area contributed by atoms with Crippen molar-refractivity contribution in [1.82, 2.24) is 5.32 Å². The van der Waals surface area contributed by atoms with E-state index in [2.05, 4.69) is 37.4 Å². The predicted molar refractivity (Wildman–Crippen MR) is 93.7 cm³/mol. The third-order valence-corrected chi connectivity index (χ3v) is 3.95. The number of hydrogen-bond donors (Lipinski definition) is 1. The van der Waals surface area contributed by atoms with Gasteiger partial charge in [0.25, 0.3) is 5.91 Å². The van der Waals surface area contributed by atoms with Crippen molar-refractivity contribution in [1.29, 1.82) is 0 Å². The first kappa shape index (κ1) is 17.1. The van der Waals surface area contributed by atoms with Gasteiger partial charge in [0, 0.05) is 0 Å². The monoisotopic (exact) mass is 311 g/mol. The first-order valence-electron chi connectivity index (χ1n) is 7.97. The van der Waals surface area contributed by atoms with Gasteiger partial charge in [-0.2, -0.15) is 0 Å². The highest BCUT2D eigenvalue weighted by Gasteiger charge is 2.18. The van der Waals surface area contributed by atoms with Gasteiger partial charge in [-0.3, -0.25) is 4.79 Å². The Morgan fingerprint density at radius 1 is 0.957 bits per heavy atom. The molecule has 2 aromatic rings. The summed E-state index contributed by atoms with van der Waals surface area (Å²) in [5.74, 6) is 0.593. The predicted octanol–water partition coefficient (Wildman–Crippen LogP) is 4.26. The first-order chi connectivity index (χ1) is 10.9. The highest BCUT2D eigenvalue weighted by atomic mass is 16.5. The number of nitrogens with one attached hydrogen (secondary N) is 1. The van der Waals surface area contributed by atoms with Crippen molar-refractivity contribution in [2.45, 2.75) is 46.8 Å². The van der Waals surface area contributed by atoms with E-state index in [1.54, 1.807) is 6.92 Å². The van der Waals surface area contributed by atoms with Crippen LogP contribution < -0.4 is 10.1 Å². The second-order valence-corrected chi connectivity index (χ2v) is 6.16. The molecule has 0 radical (unpaired) electrons. The van der Waals surface area contributed by atoms with Gasteiger partial charge in [0.15, 0.2) is 6.10 Å². The molecule has 0 aliphatic rings. The summed E-state index contributed by atoms with van der Waals surface area (Å²) in [5.41, 5.74) is 4.70. The summed E-state index contributed by atoms with van der Waals surface area (Å²) in [4.78, 5) is 12.3. The molecule has 2 rings (SSSR count). The molecule has 0 bridgehead atoms. The number of rotatable bonds is 5. The smallest absolute Gasteiger partial charge is 0.261 e. The second-order valence-electron chi connectivity index (χ2n) is 6.16. The molecule has 1 amide bonds. The highest BCUT2D eigenvalue weighted by molar-refractivity contribution is 5.81. The third-order valence-electron chi connectivity index (χ3n) is 3.95. The summed E-state index contributed by atoms with van der Waals surface area (Å²) in [6.07, 6.45) is -0.536. The zero-order valence-corrected chi connectivity index (χ0v) is 14.5. The van der Waals surface area contributed by atoms with Crippen LogP contribution in [0.15, 0.2) is 42.5 Å². The summed E-state index contributed by atoms with van der Waals surface area (Å²) in [6, 6.07) is 13.9. The van der Waals surface area contributed by atoms with Gasteiger partial charge >= 0.3 is 0 Å². The molecule has 2 atom stereocenters. The quantitative estimate of drug-likeness (QED) is 0.896. The highest BCUT2D eigenvalue weighted by Crippen LogP contribution is 2.19. The summed E-state index contributed by atoms with van der Waals surface area (Å²) in [7, 11) is 0. The van der Waals surface area contributed by atoms with Gasteiger partial charge < -0.3 is 10.1 Å². The Bertz CT molecular complexity index is 677. The maximum Gasteiger partial charge on any atom is 0.261 e. The van der Waals surface area contributed by atoms with E-state index in [9.17, 15) is 4.79 Å². The standard InChI is InChI=1S/C20H25NO2/c1-13-6-9-18(10-7-13)23-17(5)20(22)21-16(4)19-11-8-14(2)12-15(19)3/h6-12,16-17H,1-5H3,(H,21,22)/t16-,17-/m1/s1. The SMILES string of the molecule is Cc1ccc(O[C@H](C)C(=O)N[C@H](C)c2ccc(C)cc2C)cc1. The maximum atomic E-state index is 12.3. The van der Waals surface area contributed by atoms with E-state index in [0.717, 1.165) is 11.1 Å². The summed E-state index contributed by atoms with van der Waals surface area (Å²) in [5, 5.41) is 3.02. The summed E-state index contributed by atoms with van der Waals surface area (Å²) < 4.78 is 5.71. The molecule has 3 heteroatoms. The van der Waals surface area contributed by atoms with Crippen LogP contribution in [0.1, 0.15) is 42.1 Å². The summed E-state index contributed by atoms with van der Waals surface area (Å²) >= 11 is 0. The Kier molecular flexibility index (Phi) is 5.43. The fourth-order valence-electron chi connectivity index (χ4n) is 2.59. The van der Waals surface area contributed by atoms with Crippen LogP contribution in [0.25, 0.3) is 0 Å². The minimum atomic E-state index is -0.536. The number of carbonyl (C=O) groups excluding carboxylic acids is 1. The largest absolute Gasteiger partial charge is 0.481 e. The van der Waals surface area contributed by atoms with E-state index in [1.165, 1.54) is 11.1 Å². The van der Waals surface area contributed by atoms with Crippen molar-refractivity contribution in [2.24, 2.45) is 0 Å². The Labute approximate surface area is 138 Å². The average molecular weight is 311 g/mol. The van der Waals surface area contributed by atoms with Crippen LogP contribution in [0.3, 0.4) is 0 Å². The molecule has 3 nitrogen and oxygen atoms in total. The molecule has 0 aliphatic heterocycles. The van der Waals surface area contributed by atoms with Crippen LogP contribution in [0, 0.1) is 20.8 Å². The van der Waals surface area contributed by atoms with Crippen molar-refractivity contribution in [3.05, 3.63) is 64.7 Å². The topological polar surface area (TPSA) is 38.3 Å². The van der Waals surface area contributed by atoms with Crippen LogP contribution in [-0.4, -0.2) is 12.0 Å². The zero-order chi connectivity index (χ0) is 17.0. The number of aryl methyl sites for hydroxylation is 3. The van der Waals surface area contributed by atoms with Gasteiger partial charge in [0.05, 0.1) is 6.04 Å². The van der Waals surface area contributed by atoms with Crippen molar-refractivity contribution < 1.29 is 9.53 Å². The van der Waals surface area contributed by atoms with Crippen molar-refractivity contribution >= 4 is 5.91 Å². The van der Waals surface area contributed by atoms with Gasteiger partial charge in [-0.15, -0.1) is 0 Å². The number of carbonyl (C=O) groups is 1. The molecule has 2 aromatic carbocycles. The Hall–Kier alpha value is -2.29. The Morgan fingerprint density at radius 3 is 2.17 bits per heavy atom. The second kappa shape index (κ2) is 7.32. The first-order valence-corrected chi connectivity index (χ1v) is 7.97. The van der Waals surface area contributed by atoms with Crippen molar-refractivity contribution in [2.75, 3.05) is 0 Å². The van der Waals surface area contributed by atoms with Gasteiger partial charge in [-0.25, -0.2) is 0 Å². The molecule has 1 N–H and O–H groups in total. The van der Waals surface area contributed by atoms with Crippen LogP contribution in [0.4, 0.5) is 0 Å². The van der Waals surface area contributed by atoms with Gasteiger partial charge in [-0.1, -0.05) is 41.5 Å². The molecule has 23 heavy (non-hydrogen) atoms. The lowest BCUT2D eigenvalue weighted by Crippen LogP contribution is -2.37. The molecule has 0 aromatic heterocycles. The summed E-state index contributed by atoms with van der Waals surface area (Å²) in [6.45, 7) is 9.91. The fraction of sp³-hybridized carbons (Fsp3) is 0.350. The third kappa shape index (κ3) is 4.59. The lowest BCUT2D eigenvalue weighted by molar-refractivity contribution is -0.127. The number of hydrogen-bond acceptors (Lipinski definition) is 2. The fourth-order valence-corrected chi connectivity index (χ4v) is 2.59. The number of amides is 1. The van der Waals surface area contributed by atoms with Crippen LogP contribution in [0.2, 0.25) is 0 Å². The molecule has 0 heterocycles. The van der Waals surface area contributed by atoms with Crippen LogP contribution >= 0.6 is 0 Å². The van der Waals surface area contributed by atoms with Gasteiger partial charge in [-0.05, 0) is 57.9 Å². The Balaban J connectivity index is 1.98. The van der Waals surface area contributed by atoms with E-state index in [1.807, 2.05) is 38.1 Å². The van der Waals surface area contributed by atoms with E-state index >= 15 is 0 Å².